The van der Waals surface area contributed by atoms with Crippen molar-refractivity contribution in [1.29, 1.82) is 0 Å². The van der Waals surface area contributed by atoms with Gasteiger partial charge in [-0.3, -0.25) is 14.4 Å². The van der Waals surface area contributed by atoms with Gasteiger partial charge in [0, 0.05) is 23.3 Å². The second-order valence-electron chi connectivity index (χ2n) is 7.35. The van der Waals surface area contributed by atoms with Gasteiger partial charge in [-0.05, 0) is 30.8 Å². The Hall–Kier alpha value is -2.27. The average Bonchev–Trinajstić information content (AvgIpc) is 3.38. The zero-order chi connectivity index (χ0) is 21.0. The van der Waals surface area contributed by atoms with E-state index < -0.39 is 36.1 Å². The number of hydrogen-bond donors (Lipinski definition) is 6. The summed E-state index contributed by atoms with van der Waals surface area (Å²) in [6.07, 6.45) is 0.744. The molecule has 1 aliphatic heterocycles. The highest BCUT2D eigenvalue weighted by molar-refractivity contribution is 7.09. The van der Waals surface area contributed by atoms with Crippen LogP contribution in [-0.4, -0.2) is 64.8 Å². The molecular formula is C19H26N4O5S. The summed E-state index contributed by atoms with van der Waals surface area (Å²) in [6, 6.07) is 1.53. The third kappa shape index (κ3) is 5.41. The molecule has 1 saturated heterocycles. The molecule has 0 aromatic carbocycles. The zero-order valence-corrected chi connectivity index (χ0v) is 16.7. The molecule has 7 N–H and O–H groups in total. The van der Waals surface area contributed by atoms with Gasteiger partial charge in [0.25, 0.3) is 0 Å². The topological polar surface area (TPSA) is 154 Å². The minimum Gasteiger partial charge on any atom is -0.390 e. The van der Waals surface area contributed by atoms with Crippen LogP contribution in [0.15, 0.2) is 29.2 Å². The van der Waals surface area contributed by atoms with Gasteiger partial charge in [0.2, 0.25) is 17.7 Å². The van der Waals surface area contributed by atoms with Crippen LogP contribution >= 0.6 is 11.3 Å². The molecule has 0 radical (unpaired) electrons. The maximum atomic E-state index is 12.7. The van der Waals surface area contributed by atoms with E-state index in [1.807, 2.05) is 17.5 Å². The Morgan fingerprint density at radius 1 is 1.34 bits per heavy atom. The van der Waals surface area contributed by atoms with E-state index in [1.54, 1.807) is 0 Å². The number of hydrogen-bond acceptors (Lipinski definition) is 7. The molecule has 3 amide bonds. The number of nitrogens with one attached hydrogen (secondary N) is 3. The van der Waals surface area contributed by atoms with Gasteiger partial charge < -0.3 is 31.9 Å². The maximum absolute atomic E-state index is 12.7. The molecule has 2 aliphatic rings. The van der Waals surface area contributed by atoms with Crippen molar-refractivity contribution in [2.24, 2.45) is 5.73 Å². The second kappa shape index (κ2) is 9.49. The highest BCUT2D eigenvalue weighted by Gasteiger charge is 2.35. The quantitative estimate of drug-likeness (QED) is 0.316. The molecule has 29 heavy (non-hydrogen) atoms. The lowest BCUT2D eigenvalue weighted by atomic mass is 9.89. The van der Waals surface area contributed by atoms with Gasteiger partial charge in [0.05, 0.1) is 18.2 Å². The van der Waals surface area contributed by atoms with Crippen LogP contribution in [0, 0.1) is 0 Å². The Morgan fingerprint density at radius 3 is 2.76 bits per heavy atom. The van der Waals surface area contributed by atoms with Gasteiger partial charge in [-0.1, -0.05) is 12.1 Å². The lowest BCUT2D eigenvalue weighted by Crippen LogP contribution is -2.54. The number of rotatable bonds is 7. The van der Waals surface area contributed by atoms with Crippen molar-refractivity contribution in [3.05, 3.63) is 34.0 Å². The Labute approximate surface area is 172 Å². The van der Waals surface area contributed by atoms with E-state index >= 15 is 0 Å². The highest BCUT2D eigenvalue weighted by Crippen LogP contribution is 2.21. The van der Waals surface area contributed by atoms with Crippen molar-refractivity contribution in [2.45, 2.75) is 56.0 Å². The Bertz CT molecular complexity index is 776. The average molecular weight is 423 g/mol. The van der Waals surface area contributed by atoms with E-state index in [4.69, 9.17) is 5.73 Å². The lowest BCUT2D eigenvalue weighted by molar-refractivity contribution is -0.126. The Balaban J connectivity index is 1.68. The lowest BCUT2D eigenvalue weighted by Gasteiger charge is -2.32. The molecule has 1 fully saturated rings. The predicted octanol–water partition coefficient (Wildman–Crippen LogP) is -1.45. The van der Waals surface area contributed by atoms with Gasteiger partial charge >= 0.3 is 0 Å². The molecule has 2 heterocycles. The summed E-state index contributed by atoms with van der Waals surface area (Å²) in [5, 5.41) is 30.6. The van der Waals surface area contributed by atoms with Gasteiger partial charge in [-0.2, -0.15) is 0 Å². The van der Waals surface area contributed by atoms with Crippen molar-refractivity contribution >= 4 is 29.1 Å². The molecule has 0 saturated carbocycles. The molecule has 10 heteroatoms. The molecule has 5 atom stereocenters. The normalized spacial score (nSPS) is 27.7. The first-order valence-corrected chi connectivity index (χ1v) is 10.5. The minimum atomic E-state index is -1.23. The summed E-state index contributed by atoms with van der Waals surface area (Å²) < 4.78 is 0. The second-order valence-corrected chi connectivity index (χ2v) is 8.38. The fourth-order valence-electron chi connectivity index (χ4n) is 3.54. The third-order valence-electron chi connectivity index (χ3n) is 5.18. The minimum absolute atomic E-state index is 0.0917. The van der Waals surface area contributed by atoms with E-state index in [1.165, 1.54) is 17.4 Å². The number of nitrogens with two attached hydrogens (primary N) is 1. The highest BCUT2D eigenvalue weighted by atomic mass is 32.1. The number of primary amides is 1. The summed E-state index contributed by atoms with van der Waals surface area (Å²) in [6.45, 7) is 0.746. The first-order valence-electron chi connectivity index (χ1n) is 9.58. The summed E-state index contributed by atoms with van der Waals surface area (Å²) >= 11 is 1.45. The van der Waals surface area contributed by atoms with E-state index in [-0.39, 0.29) is 30.4 Å². The van der Waals surface area contributed by atoms with Crippen molar-refractivity contribution in [3.63, 3.8) is 0 Å². The standard InChI is InChI=1S/C19H26N4O5S/c20-17(26)14(9-11-3-2-6-29-11)23-18(27)10-7-13(16(25)15(24)8-10)22-19(28)12-4-1-5-21-12/h2-3,6-7,12-16,21,24-25H,1,4-5,8-9H2,(H2,20,26)(H,22,28)(H,23,27)/t12-,13-,14+,15-,16-/m1/s1. The summed E-state index contributed by atoms with van der Waals surface area (Å²) in [5.41, 5.74) is 5.61. The zero-order valence-electron chi connectivity index (χ0n) is 15.8. The van der Waals surface area contributed by atoms with Crippen molar-refractivity contribution in [2.75, 3.05) is 6.54 Å². The molecule has 1 aliphatic carbocycles. The van der Waals surface area contributed by atoms with Crippen LogP contribution in [0.3, 0.4) is 0 Å². The summed E-state index contributed by atoms with van der Waals surface area (Å²) in [7, 11) is 0. The molecule has 158 valence electrons. The molecule has 1 aromatic heterocycles. The van der Waals surface area contributed by atoms with Crippen LogP contribution in [0.4, 0.5) is 0 Å². The Kier molecular flexibility index (Phi) is 7.01. The predicted molar refractivity (Wildman–Crippen MR) is 107 cm³/mol. The fraction of sp³-hybridized carbons (Fsp3) is 0.526. The molecule has 9 nitrogen and oxygen atoms in total. The molecule has 0 unspecified atom stereocenters. The van der Waals surface area contributed by atoms with Crippen molar-refractivity contribution < 1.29 is 24.6 Å². The third-order valence-corrected chi connectivity index (χ3v) is 6.08. The van der Waals surface area contributed by atoms with Crippen LogP contribution in [-0.2, 0) is 20.8 Å². The van der Waals surface area contributed by atoms with Crippen molar-refractivity contribution in [3.8, 4) is 0 Å². The van der Waals surface area contributed by atoms with E-state index in [9.17, 15) is 24.6 Å². The van der Waals surface area contributed by atoms with Crippen LogP contribution < -0.4 is 21.7 Å². The van der Waals surface area contributed by atoms with Crippen molar-refractivity contribution in [1.82, 2.24) is 16.0 Å². The summed E-state index contributed by atoms with van der Waals surface area (Å²) in [5.74, 6) is -1.51. The van der Waals surface area contributed by atoms with Gasteiger partial charge in [-0.25, -0.2) is 0 Å². The number of amides is 3. The molecular weight excluding hydrogens is 396 g/mol. The first-order chi connectivity index (χ1) is 13.8. The largest absolute Gasteiger partial charge is 0.390 e. The van der Waals surface area contributed by atoms with E-state index in [0.717, 1.165) is 17.8 Å². The number of aliphatic hydroxyl groups excluding tert-OH is 2. The molecule has 0 bridgehead atoms. The number of carbonyl (C=O) groups is 3. The SMILES string of the molecule is NC(=O)[C@H](Cc1cccs1)NC(=O)C1=C[C@@H](NC(=O)[C@H]2CCCN2)[C@@H](O)[C@H](O)C1. The van der Waals surface area contributed by atoms with Crippen LogP contribution in [0.1, 0.15) is 24.1 Å². The molecule has 1 aromatic rings. The van der Waals surface area contributed by atoms with Crippen LogP contribution in [0.2, 0.25) is 0 Å². The number of carbonyl (C=O) groups excluding carboxylic acids is 3. The van der Waals surface area contributed by atoms with E-state index in [2.05, 4.69) is 16.0 Å². The maximum Gasteiger partial charge on any atom is 0.247 e. The fourth-order valence-corrected chi connectivity index (χ4v) is 4.29. The number of thiophene rings is 1. The van der Waals surface area contributed by atoms with Crippen LogP contribution in [0.5, 0.6) is 0 Å². The van der Waals surface area contributed by atoms with E-state index in [0.29, 0.717) is 6.42 Å². The molecule has 0 spiro atoms. The van der Waals surface area contributed by atoms with Gasteiger partial charge in [0.1, 0.15) is 12.1 Å². The van der Waals surface area contributed by atoms with Gasteiger partial charge in [-0.15, -0.1) is 11.3 Å². The van der Waals surface area contributed by atoms with Gasteiger partial charge in [0.15, 0.2) is 0 Å². The number of aliphatic hydroxyl groups is 2. The molecule has 3 rings (SSSR count). The summed E-state index contributed by atoms with van der Waals surface area (Å²) in [4.78, 5) is 37.7. The van der Waals surface area contributed by atoms with Crippen LogP contribution in [0.25, 0.3) is 0 Å². The monoisotopic (exact) mass is 422 g/mol. The first kappa shape index (κ1) is 21.4. The smallest absolute Gasteiger partial charge is 0.247 e. The Morgan fingerprint density at radius 2 is 2.14 bits per heavy atom.